The monoisotopic (exact) mass is 419 g/mol. The molecule has 1 heterocycles. The first-order valence-corrected chi connectivity index (χ1v) is 10.7. The Labute approximate surface area is 170 Å². The van der Waals surface area contributed by atoms with Crippen LogP contribution in [0.3, 0.4) is 0 Å². The molecular formula is C20H25N3O5S. The first kappa shape index (κ1) is 21.1. The average molecular weight is 420 g/mol. The molecule has 1 saturated heterocycles. The van der Waals surface area contributed by atoms with Crippen molar-refractivity contribution in [1.82, 2.24) is 4.31 Å². The third-order valence-corrected chi connectivity index (χ3v) is 6.51. The van der Waals surface area contributed by atoms with Crippen LogP contribution >= 0.6 is 0 Å². The van der Waals surface area contributed by atoms with E-state index in [1.807, 2.05) is 12.1 Å². The van der Waals surface area contributed by atoms with E-state index >= 15 is 0 Å². The van der Waals surface area contributed by atoms with E-state index < -0.39 is 16.1 Å². The van der Waals surface area contributed by atoms with E-state index in [9.17, 15) is 13.2 Å². The number of sulfonamides is 1. The number of nitrogens with zero attached hydrogens (tertiary/aromatic N) is 1. The van der Waals surface area contributed by atoms with Gasteiger partial charge >= 0.3 is 0 Å². The Morgan fingerprint density at radius 2 is 1.62 bits per heavy atom. The summed E-state index contributed by atoms with van der Waals surface area (Å²) >= 11 is 0. The van der Waals surface area contributed by atoms with E-state index in [1.54, 1.807) is 38.3 Å². The van der Waals surface area contributed by atoms with Gasteiger partial charge in [0.2, 0.25) is 15.9 Å². The van der Waals surface area contributed by atoms with Gasteiger partial charge in [0, 0.05) is 24.5 Å². The third-order valence-electron chi connectivity index (χ3n) is 4.60. The molecule has 2 aromatic carbocycles. The molecule has 2 aromatic rings. The number of benzene rings is 2. The smallest absolute Gasteiger partial charge is 0.246 e. The Kier molecular flexibility index (Phi) is 6.73. The summed E-state index contributed by atoms with van der Waals surface area (Å²) in [4.78, 5) is 12.6. The van der Waals surface area contributed by atoms with Crippen LogP contribution in [0.2, 0.25) is 0 Å². The van der Waals surface area contributed by atoms with Crippen molar-refractivity contribution in [3.63, 3.8) is 0 Å². The molecule has 1 aliphatic heterocycles. The Hall–Kier alpha value is -2.62. The molecule has 9 heteroatoms. The number of morpholine rings is 1. The van der Waals surface area contributed by atoms with Crippen LogP contribution in [0.15, 0.2) is 53.4 Å². The van der Waals surface area contributed by atoms with Crippen molar-refractivity contribution in [1.29, 1.82) is 0 Å². The van der Waals surface area contributed by atoms with E-state index in [4.69, 9.17) is 9.47 Å². The van der Waals surface area contributed by atoms with E-state index in [0.29, 0.717) is 32.0 Å². The number of anilines is 2. The summed E-state index contributed by atoms with van der Waals surface area (Å²) in [6, 6.07) is 13.0. The highest BCUT2D eigenvalue weighted by molar-refractivity contribution is 7.89. The second kappa shape index (κ2) is 9.25. The molecular weight excluding hydrogens is 394 g/mol. The van der Waals surface area contributed by atoms with Gasteiger partial charge in [-0.2, -0.15) is 4.31 Å². The first-order chi connectivity index (χ1) is 13.9. The molecule has 156 valence electrons. The largest absolute Gasteiger partial charge is 0.497 e. The normalized spacial score (nSPS) is 16.1. The van der Waals surface area contributed by atoms with Crippen molar-refractivity contribution in [3.8, 4) is 5.75 Å². The Balaban J connectivity index is 1.60. The predicted molar refractivity (Wildman–Crippen MR) is 111 cm³/mol. The molecule has 1 amide bonds. The standard InChI is InChI=1S/C20H25N3O5S/c1-15(21-16-3-7-18(27-2)8-4-16)20(24)22-17-5-9-19(10-6-17)29(25,26)23-11-13-28-14-12-23/h3-10,15,21H,11-14H2,1-2H3,(H,22,24)/t15-/m0/s1. The van der Waals surface area contributed by atoms with Gasteiger partial charge in [-0.3, -0.25) is 4.79 Å². The number of ether oxygens (including phenoxy) is 2. The van der Waals surface area contributed by atoms with Gasteiger partial charge in [-0.15, -0.1) is 0 Å². The van der Waals surface area contributed by atoms with Crippen molar-refractivity contribution in [3.05, 3.63) is 48.5 Å². The fourth-order valence-corrected chi connectivity index (χ4v) is 4.31. The van der Waals surface area contributed by atoms with Gasteiger partial charge in [0.1, 0.15) is 11.8 Å². The van der Waals surface area contributed by atoms with Crippen molar-refractivity contribution >= 4 is 27.3 Å². The van der Waals surface area contributed by atoms with E-state index in [-0.39, 0.29) is 10.8 Å². The SMILES string of the molecule is COc1ccc(N[C@@H](C)C(=O)Nc2ccc(S(=O)(=O)N3CCOCC3)cc2)cc1. The second-order valence-electron chi connectivity index (χ2n) is 6.62. The van der Waals surface area contributed by atoms with Gasteiger partial charge in [-0.05, 0) is 55.5 Å². The zero-order valence-corrected chi connectivity index (χ0v) is 17.2. The maximum atomic E-state index is 12.6. The molecule has 3 rings (SSSR count). The van der Waals surface area contributed by atoms with Crippen molar-refractivity contribution in [2.24, 2.45) is 0 Å². The molecule has 1 aliphatic rings. The first-order valence-electron chi connectivity index (χ1n) is 9.29. The Morgan fingerprint density at radius 1 is 1.03 bits per heavy atom. The maximum Gasteiger partial charge on any atom is 0.246 e. The maximum absolute atomic E-state index is 12.6. The molecule has 0 bridgehead atoms. The Morgan fingerprint density at radius 3 is 2.21 bits per heavy atom. The highest BCUT2D eigenvalue weighted by Gasteiger charge is 2.26. The fourth-order valence-electron chi connectivity index (χ4n) is 2.90. The van der Waals surface area contributed by atoms with Gasteiger partial charge < -0.3 is 20.1 Å². The number of carbonyl (C=O) groups is 1. The number of hydrogen-bond acceptors (Lipinski definition) is 6. The minimum Gasteiger partial charge on any atom is -0.497 e. The topological polar surface area (TPSA) is 97.0 Å². The second-order valence-corrected chi connectivity index (χ2v) is 8.56. The fraction of sp³-hybridized carbons (Fsp3) is 0.350. The molecule has 0 aliphatic carbocycles. The number of carbonyl (C=O) groups excluding carboxylic acids is 1. The summed E-state index contributed by atoms with van der Waals surface area (Å²) in [5, 5.41) is 5.90. The van der Waals surface area contributed by atoms with Crippen LogP contribution in [0.25, 0.3) is 0 Å². The molecule has 1 atom stereocenters. The molecule has 29 heavy (non-hydrogen) atoms. The van der Waals surface area contributed by atoms with Gasteiger partial charge in [-0.1, -0.05) is 0 Å². The lowest BCUT2D eigenvalue weighted by Crippen LogP contribution is -2.40. The van der Waals surface area contributed by atoms with Crippen LogP contribution in [0.4, 0.5) is 11.4 Å². The summed E-state index contributed by atoms with van der Waals surface area (Å²) in [6.07, 6.45) is 0. The van der Waals surface area contributed by atoms with Crippen LogP contribution in [-0.4, -0.2) is 58.1 Å². The Bertz CT molecular complexity index is 924. The van der Waals surface area contributed by atoms with Crippen LogP contribution in [0, 0.1) is 0 Å². The minimum absolute atomic E-state index is 0.196. The molecule has 0 radical (unpaired) electrons. The predicted octanol–water partition coefficient (Wildman–Crippen LogP) is 2.16. The van der Waals surface area contributed by atoms with Crippen molar-refractivity contribution in [2.75, 3.05) is 44.0 Å². The lowest BCUT2D eigenvalue weighted by Gasteiger charge is -2.26. The average Bonchev–Trinajstić information content (AvgIpc) is 2.75. The number of rotatable bonds is 7. The van der Waals surface area contributed by atoms with Gasteiger partial charge in [0.25, 0.3) is 0 Å². The molecule has 1 fully saturated rings. The third kappa shape index (κ3) is 5.26. The van der Waals surface area contributed by atoms with Crippen molar-refractivity contribution in [2.45, 2.75) is 17.9 Å². The number of amides is 1. The van der Waals surface area contributed by atoms with Crippen molar-refractivity contribution < 1.29 is 22.7 Å². The van der Waals surface area contributed by atoms with Gasteiger partial charge in [0.15, 0.2) is 0 Å². The minimum atomic E-state index is -3.55. The highest BCUT2D eigenvalue weighted by atomic mass is 32.2. The van der Waals surface area contributed by atoms with Crippen LogP contribution in [0.5, 0.6) is 5.75 Å². The van der Waals surface area contributed by atoms with Gasteiger partial charge in [0.05, 0.1) is 25.2 Å². The molecule has 0 spiro atoms. The van der Waals surface area contributed by atoms with E-state index in [0.717, 1.165) is 11.4 Å². The quantitative estimate of drug-likeness (QED) is 0.714. The molecule has 2 N–H and O–H groups in total. The number of methoxy groups -OCH3 is 1. The lowest BCUT2D eigenvalue weighted by molar-refractivity contribution is -0.116. The molecule has 0 saturated carbocycles. The van der Waals surface area contributed by atoms with Crippen LogP contribution in [0.1, 0.15) is 6.92 Å². The summed E-state index contributed by atoms with van der Waals surface area (Å²) < 4.78 is 37.0. The zero-order valence-electron chi connectivity index (χ0n) is 16.4. The zero-order chi connectivity index (χ0) is 20.9. The lowest BCUT2D eigenvalue weighted by atomic mass is 10.2. The van der Waals surface area contributed by atoms with Gasteiger partial charge in [-0.25, -0.2) is 8.42 Å². The van der Waals surface area contributed by atoms with Crippen LogP contribution in [-0.2, 0) is 19.6 Å². The summed E-state index contributed by atoms with van der Waals surface area (Å²) in [7, 11) is -1.96. The molecule has 0 unspecified atom stereocenters. The highest BCUT2D eigenvalue weighted by Crippen LogP contribution is 2.20. The summed E-state index contributed by atoms with van der Waals surface area (Å²) in [5.74, 6) is 0.504. The van der Waals surface area contributed by atoms with E-state index in [1.165, 1.54) is 16.4 Å². The van der Waals surface area contributed by atoms with E-state index in [2.05, 4.69) is 10.6 Å². The summed E-state index contributed by atoms with van der Waals surface area (Å²) in [6.45, 7) is 3.22. The van der Waals surface area contributed by atoms with Crippen LogP contribution < -0.4 is 15.4 Å². The summed E-state index contributed by atoms with van der Waals surface area (Å²) in [5.41, 5.74) is 1.32. The number of hydrogen-bond donors (Lipinski definition) is 2. The molecule has 0 aromatic heterocycles. The number of nitrogens with one attached hydrogen (secondary N) is 2. The molecule has 8 nitrogen and oxygen atoms in total.